The number of ether oxygens (including phenoxy) is 2. The number of nitrogens with two attached hydrogens (primary N) is 1. The van der Waals surface area contributed by atoms with Crippen LogP contribution in [0.2, 0.25) is 0 Å². The highest BCUT2D eigenvalue weighted by Gasteiger charge is 2.13. The number of rotatable bonds is 4. The van der Waals surface area contributed by atoms with Crippen molar-refractivity contribution in [3.05, 3.63) is 53.1 Å². The minimum Gasteiger partial charge on any atom is -0.497 e. The number of hydrogen-bond acceptors (Lipinski definition) is 4. The van der Waals surface area contributed by atoms with Crippen molar-refractivity contribution >= 4 is 11.5 Å². The predicted molar refractivity (Wildman–Crippen MR) is 78.6 cm³/mol. The smallest absolute Gasteiger partial charge is 0.193 e. The Morgan fingerprint density at radius 1 is 0.950 bits per heavy atom. The van der Waals surface area contributed by atoms with Gasteiger partial charge >= 0.3 is 0 Å². The molecule has 2 rings (SSSR count). The molecular weight excluding hydrogens is 254 g/mol. The van der Waals surface area contributed by atoms with Crippen molar-refractivity contribution in [1.82, 2.24) is 0 Å². The second-order valence-electron chi connectivity index (χ2n) is 4.50. The number of benzene rings is 2. The molecule has 20 heavy (non-hydrogen) atoms. The van der Waals surface area contributed by atoms with Crippen LogP contribution in [0.25, 0.3) is 0 Å². The zero-order valence-electron chi connectivity index (χ0n) is 11.8. The highest BCUT2D eigenvalue weighted by Crippen LogP contribution is 2.25. The molecule has 4 heteroatoms. The largest absolute Gasteiger partial charge is 0.497 e. The van der Waals surface area contributed by atoms with Gasteiger partial charge in [0.05, 0.1) is 14.2 Å². The summed E-state index contributed by atoms with van der Waals surface area (Å²) in [4.78, 5) is 12.5. The first kappa shape index (κ1) is 13.9. The van der Waals surface area contributed by atoms with Crippen molar-refractivity contribution in [3.8, 4) is 11.5 Å². The van der Waals surface area contributed by atoms with Crippen LogP contribution in [0.15, 0.2) is 36.4 Å². The van der Waals surface area contributed by atoms with Gasteiger partial charge in [0.1, 0.15) is 11.5 Å². The SMILES string of the molecule is COc1cc(OC)cc(C(=O)c2ccc(N)c(C)c2)c1. The molecule has 0 unspecified atom stereocenters. The lowest BCUT2D eigenvalue weighted by atomic mass is 10.0. The van der Waals surface area contributed by atoms with Crippen LogP contribution in [0.1, 0.15) is 21.5 Å². The minimum absolute atomic E-state index is 0.0923. The lowest BCUT2D eigenvalue weighted by molar-refractivity contribution is 0.103. The lowest BCUT2D eigenvalue weighted by Gasteiger charge is -2.09. The number of ketones is 1. The number of nitrogen functional groups attached to an aromatic ring is 1. The summed E-state index contributed by atoms with van der Waals surface area (Å²) in [5, 5.41) is 0. The van der Waals surface area contributed by atoms with Crippen LogP contribution in [-0.2, 0) is 0 Å². The van der Waals surface area contributed by atoms with Gasteiger partial charge < -0.3 is 15.2 Å². The van der Waals surface area contributed by atoms with E-state index in [4.69, 9.17) is 15.2 Å². The third-order valence-corrected chi connectivity index (χ3v) is 3.15. The number of carbonyl (C=O) groups is 1. The summed E-state index contributed by atoms with van der Waals surface area (Å²) in [5.41, 5.74) is 8.43. The number of hydrogen-bond donors (Lipinski definition) is 1. The Kier molecular flexibility index (Phi) is 3.94. The molecule has 0 atom stereocenters. The van der Waals surface area contributed by atoms with Gasteiger partial charge in [0, 0.05) is 22.9 Å². The summed E-state index contributed by atoms with van der Waals surface area (Å²) < 4.78 is 10.3. The Hall–Kier alpha value is -2.49. The van der Waals surface area contributed by atoms with Crippen LogP contribution >= 0.6 is 0 Å². The molecule has 0 saturated heterocycles. The standard InChI is InChI=1S/C16H17NO3/c1-10-6-11(4-5-15(10)17)16(18)12-7-13(19-2)9-14(8-12)20-3/h4-9H,17H2,1-3H3. The van der Waals surface area contributed by atoms with Crippen LogP contribution in [0.5, 0.6) is 11.5 Å². The molecule has 104 valence electrons. The summed E-state index contributed by atoms with van der Waals surface area (Å²) in [6.07, 6.45) is 0. The quantitative estimate of drug-likeness (QED) is 0.686. The number of methoxy groups -OCH3 is 2. The van der Waals surface area contributed by atoms with Gasteiger partial charge in [-0.05, 0) is 42.8 Å². The zero-order valence-corrected chi connectivity index (χ0v) is 11.8. The molecule has 2 aromatic carbocycles. The second kappa shape index (κ2) is 5.65. The molecule has 0 fully saturated rings. The average Bonchev–Trinajstić information content (AvgIpc) is 2.48. The third kappa shape index (κ3) is 2.74. The van der Waals surface area contributed by atoms with Crippen LogP contribution in [0, 0.1) is 6.92 Å². The third-order valence-electron chi connectivity index (χ3n) is 3.15. The van der Waals surface area contributed by atoms with E-state index in [1.54, 1.807) is 50.6 Å². The van der Waals surface area contributed by atoms with Gasteiger partial charge in [-0.25, -0.2) is 0 Å². The van der Waals surface area contributed by atoms with Gasteiger partial charge in [0.2, 0.25) is 0 Å². The molecule has 0 aliphatic heterocycles. The fourth-order valence-electron chi connectivity index (χ4n) is 1.92. The highest BCUT2D eigenvalue weighted by molar-refractivity contribution is 6.09. The van der Waals surface area contributed by atoms with Crippen LogP contribution in [0.4, 0.5) is 5.69 Å². The molecular formula is C16H17NO3. The Balaban J connectivity index is 2.44. The molecule has 0 heterocycles. The maximum atomic E-state index is 12.5. The molecule has 0 radical (unpaired) electrons. The van der Waals surface area contributed by atoms with E-state index in [0.29, 0.717) is 28.3 Å². The molecule has 0 bridgehead atoms. The molecule has 0 aliphatic carbocycles. The van der Waals surface area contributed by atoms with E-state index >= 15 is 0 Å². The zero-order chi connectivity index (χ0) is 14.7. The van der Waals surface area contributed by atoms with Crippen LogP contribution in [-0.4, -0.2) is 20.0 Å². The Morgan fingerprint density at radius 3 is 2.05 bits per heavy atom. The van der Waals surface area contributed by atoms with E-state index in [1.807, 2.05) is 6.92 Å². The van der Waals surface area contributed by atoms with Gasteiger partial charge in [-0.15, -0.1) is 0 Å². The van der Waals surface area contributed by atoms with E-state index < -0.39 is 0 Å². The van der Waals surface area contributed by atoms with Gasteiger partial charge in [-0.3, -0.25) is 4.79 Å². The second-order valence-corrected chi connectivity index (χ2v) is 4.50. The van der Waals surface area contributed by atoms with E-state index in [0.717, 1.165) is 5.56 Å². The molecule has 2 N–H and O–H groups in total. The maximum Gasteiger partial charge on any atom is 0.193 e. The summed E-state index contributed by atoms with van der Waals surface area (Å²) in [6, 6.07) is 10.3. The fourth-order valence-corrected chi connectivity index (χ4v) is 1.92. The van der Waals surface area contributed by atoms with E-state index in [9.17, 15) is 4.79 Å². The van der Waals surface area contributed by atoms with Gasteiger partial charge in [0.15, 0.2) is 5.78 Å². The first-order valence-electron chi connectivity index (χ1n) is 6.19. The summed E-state index contributed by atoms with van der Waals surface area (Å²) in [7, 11) is 3.10. The fraction of sp³-hybridized carbons (Fsp3) is 0.188. The summed E-state index contributed by atoms with van der Waals surface area (Å²) in [5.74, 6) is 1.07. The highest BCUT2D eigenvalue weighted by atomic mass is 16.5. The van der Waals surface area contributed by atoms with Gasteiger partial charge in [-0.1, -0.05) is 0 Å². The van der Waals surface area contributed by atoms with Gasteiger partial charge in [-0.2, -0.15) is 0 Å². The molecule has 0 saturated carbocycles. The molecule has 0 aliphatic rings. The minimum atomic E-state index is -0.0923. The van der Waals surface area contributed by atoms with Crippen molar-refractivity contribution in [3.63, 3.8) is 0 Å². The average molecular weight is 271 g/mol. The van der Waals surface area contributed by atoms with Crippen molar-refractivity contribution in [2.24, 2.45) is 0 Å². The topological polar surface area (TPSA) is 61.5 Å². The molecule has 0 spiro atoms. The van der Waals surface area contributed by atoms with E-state index in [-0.39, 0.29) is 5.78 Å². The predicted octanol–water partition coefficient (Wildman–Crippen LogP) is 2.83. The first-order valence-corrected chi connectivity index (χ1v) is 6.19. The lowest BCUT2D eigenvalue weighted by Crippen LogP contribution is -2.03. The number of aryl methyl sites for hydroxylation is 1. The number of anilines is 1. The Labute approximate surface area is 118 Å². The summed E-state index contributed by atoms with van der Waals surface area (Å²) >= 11 is 0. The van der Waals surface area contributed by atoms with E-state index in [2.05, 4.69) is 0 Å². The maximum absolute atomic E-state index is 12.5. The Bertz CT molecular complexity index is 628. The molecule has 2 aromatic rings. The van der Waals surface area contributed by atoms with Gasteiger partial charge in [0.25, 0.3) is 0 Å². The normalized spacial score (nSPS) is 10.2. The van der Waals surface area contributed by atoms with Crippen molar-refractivity contribution in [2.75, 3.05) is 20.0 Å². The Morgan fingerprint density at radius 2 is 1.55 bits per heavy atom. The molecule has 0 aromatic heterocycles. The van der Waals surface area contributed by atoms with E-state index in [1.165, 1.54) is 0 Å². The van der Waals surface area contributed by atoms with Crippen molar-refractivity contribution in [1.29, 1.82) is 0 Å². The molecule has 4 nitrogen and oxygen atoms in total. The van der Waals surface area contributed by atoms with Crippen molar-refractivity contribution in [2.45, 2.75) is 6.92 Å². The first-order chi connectivity index (χ1) is 9.55. The summed E-state index contributed by atoms with van der Waals surface area (Å²) in [6.45, 7) is 1.87. The van der Waals surface area contributed by atoms with Crippen LogP contribution in [0.3, 0.4) is 0 Å². The van der Waals surface area contributed by atoms with Crippen LogP contribution < -0.4 is 15.2 Å². The molecule has 0 amide bonds. The van der Waals surface area contributed by atoms with Crippen molar-refractivity contribution < 1.29 is 14.3 Å². The monoisotopic (exact) mass is 271 g/mol. The number of carbonyl (C=O) groups excluding carboxylic acids is 1.